The molecule has 0 aliphatic carbocycles. The third kappa shape index (κ3) is 5.58. The SMILES string of the molecule is CCNC(=NCC1CCCN(C(C)C)C1)N1CC=C(c2ccccc2)CC1. The van der Waals surface area contributed by atoms with Crippen LogP contribution >= 0.6 is 0 Å². The molecule has 1 fully saturated rings. The standard InChI is InChI=1S/C23H36N4/c1-4-24-23(25-17-20-9-8-14-27(18-20)19(2)3)26-15-12-22(13-16-26)21-10-6-5-7-11-21/h5-7,10-12,19-20H,4,8-9,13-18H2,1-3H3,(H,24,25). The predicted octanol–water partition coefficient (Wildman–Crippen LogP) is 3.86. The molecule has 4 heteroatoms. The molecule has 0 spiro atoms. The lowest BCUT2D eigenvalue weighted by Gasteiger charge is -2.35. The summed E-state index contributed by atoms with van der Waals surface area (Å²) < 4.78 is 0. The molecule has 1 N–H and O–H groups in total. The van der Waals surface area contributed by atoms with E-state index in [0.717, 1.165) is 38.6 Å². The zero-order chi connectivity index (χ0) is 19.1. The molecule has 0 radical (unpaired) electrons. The van der Waals surface area contributed by atoms with Gasteiger partial charge in [-0.2, -0.15) is 0 Å². The van der Waals surface area contributed by atoms with Crippen molar-refractivity contribution in [3.63, 3.8) is 0 Å². The van der Waals surface area contributed by atoms with Crippen LogP contribution in [0.4, 0.5) is 0 Å². The minimum Gasteiger partial charge on any atom is -0.357 e. The van der Waals surface area contributed by atoms with Gasteiger partial charge in [-0.15, -0.1) is 0 Å². The minimum atomic E-state index is 0.647. The van der Waals surface area contributed by atoms with Crippen LogP contribution in [0.25, 0.3) is 5.57 Å². The van der Waals surface area contributed by atoms with Crippen molar-refractivity contribution in [2.45, 2.75) is 46.1 Å². The highest BCUT2D eigenvalue weighted by atomic mass is 15.3. The average Bonchev–Trinajstić information content (AvgIpc) is 2.72. The summed E-state index contributed by atoms with van der Waals surface area (Å²) in [5, 5.41) is 3.51. The van der Waals surface area contributed by atoms with Crippen LogP contribution in [-0.2, 0) is 0 Å². The fourth-order valence-electron chi connectivity index (χ4n) is 4.13. The molecule has 1 aromatic carbocycles. The minimum absolute atomic E-state index is 0.647. The summed E-state index contributed by atoms with van der Waals surface area (Å²) in [6, 6.07) is 11.4. The molecule has 1 aromatic rings. The Labute approximate surface area is 165 Å². The van der Waals surface area contributed by atoms with Gasteiger partial charge in [0.25, 0.3) is 0 Å². The van der Waals surface area contributed by atoms with Gasteiger partial charge in [0.15, 0.2) is 5.96 Å². The lowest BCUT2D eigenvalue weighted by Crippen LogP contribution is -2.44. The summed E-state index contributed by atoms with van der Waals surface area (Å²) in [5.74, 6) is 1.78. The number of likely N-dealkylation sites (tertiary alicyclic amines) is 1. The van der Waals surface area contributed by atoms with Crippen LogP contribution in [0.15, 0.2) is 41.4 Å². The number of hydrogen-bond donors (Lipinski definition) is 1. The molecule has 0 aromatic heterocycles. The van der Waals surface area contributed by atoms with Gasteiger partial charge in [-0.25, -0.2) is 0 Å². The Balaban J connectivity index is 1.60. The lowest BCUT2D eigenvalue weighted by molar-refractivity contribution is 0.143. The number of rotatable bonds is 5. The third-order valence-corrected chi connectivity index (χ3v) is 5.77. The first-order valence-electron chi connectivity index (χ1n) is 10.7. The second-order valence-corrected chi connectivity index (χ2v) is 8.08. The van der Waals surface area contributed by atoms with Crippen molar-refractivity contribution in [2.24, 2.45) is 10.9 Å². The molecule has 2 aliphatic rings. The number of benzene rings is 1. The van der Waals surface area contributed by atoms with E-state index in [-0.39, 0.29) is 0 Å². The number of hydrogen-bond acceptors (Lipinski definition) is 2. The topological polar surface area (TPSA) is 30.9 Å². The van der Waals surface area contributed by atoms with Crippen LogP contribution in [0.3, 0.4) is 0 Å². The highest BCUT2D eigenvalue weighted by Crippen LogP contribution is 2.22. The molecule has 2 aliphatic heterocycles. The summed E-state index contributed by atoms with van der Waals surface area (Å²) in [6.45, 7) is 13.1. The van der Waals surface area contributed by atoms with Crippen LogP contribution < -0.4 is 5.32 Å². The molecular formula is C23H36N4. The normalized spacial score (nSPS) is 22.1. The molecule has 148 valence electrons. The first-order valence-corrected chi connectivity index (χ1v) is 10.7. The van der Waals surface area contributed by atoms with Gasteiger partial charge in [-0.1, -0.05) is 36.4 Å². The molecule has 1 unspecified atom stereocenters. The highest BCUT2D eigenvalue weighted by molar-refractivity contribution is 5.81. The van der Waals surface area contributed by atoms with Crippen molar-refractivity contribution < 1.29 is 0 Å². The largest absolute Gasteiger partial charge is 0.357 e. The van der Waals surface area contributed by atoms with E-state index in [0.29, 0.717) is 12.0 Å². The van der Waals surface area contributed by atoms with Crippen LogP contribution in [0.5, 0.6) is 0 Å². The monoisotopic (exact) mass is 368 g/mol. The molecule has 1 saturated heterocycles. The zero-order valence-corrected chi connectivity index (χ0v) is 17.3. The Morgan fingerprint density at radius 3 is 2.70 bits per heavy atom. The Morgan fingerprint density at radius 2 is 2.04 bits per heavy atom. The van der Waals surface area contributed by atoms with E-state index in [1.54, 1.807) is 0 Å². The fourth-order valence-corrected chi connectivity index (χ4v) is 4.13. The Morgan fingerprint density at radius 1 is 1.22 bits per heavy atom. The van der Waals surface area contributed by atoms with Crippen molar-refractivity contribution in [1.82, 2.24) is 15.1 Å². The van der Waals surface area contributed by atoms with Crippen LogP contribution in [0.1, 0.15) is 45.6 Å². The van der Waals surface area contributed by atoms with E-state index in [2.05, 4.69) is 72.3 Å². The second-order valence-electron chi connectivity index (χ2n) is 8.08. The molecule has 2 heterocycles. The van der Waals surface area contributed by atoms with Gasteiger partial charge < -0.3 is 15.1 Å². The summed E-state index contributed by atoms with van der Waals surface area (Å²) in [7, 11) is 0. The maximum absolute atomic E-state index is 5.03. The first-order chi connectivity index (χ1) is 13.2. The van der Waals surface area contributed by atoms with Crippen LogP contribution in [-0.4, -0.2) is 61.1 Å². The van der Waals surface area contributed by atoms with E-state index >= 15 is 0 Å². The number of piperidine rings is 1. The average molecular weight is 369 g/mol. The maximum atomic E-state index is 5.03. The van der Waals surface area contributed by atoms with Gasteiger partial charge in [-0.3, -0.25) is 4.99 Å². The summed E-state index contributed by atoms with van der Waals surface area (Å²) in [4.78, 5) is 10.0. The van der Waals surface area contributed by atoms with E-state index < -0.39 is 0 Å². The predicted molar refractivity (Wildman–Crippen MR) is 116 cm³/mol. The number of aliphatic imine (C=N–C) groups is 1. The molecule has 0 bridgehead atoms. The summed E-state index contributed by atoms with van der Waals surface area (Å²) >= 11 is 0. The maximum Gasteiger partial charge on any atom is 0.194 e. The van der Waals surface area contributed by atoms with Gasteiger partial charge in [0, 0.05) is 38.8 Å². The first kappa shape index (κ1) is 19.9. The summed E-state index contributed by atoms with van der Waals surface area (Å²) in [6.07, 6.45) is 6.07. The van der Waals surface area contributed by atoms with Gasteiger partial charge in [0.1, 0.15) is 0 Å². The van der Waals surface area contributed by atoms with Crippen molar-refractivity contribution in [3.8, 4) is 0 Å². The molecule has 27 heavy (non-hydrogen) atoms. The molecule has 1 atom stereocenters. The number of nitrogens with one attached hydrogen (secondary N) is 1. The van der Waals surface area contributed by atoms with Crippen molar-refractivity contribution in [2.75, 3.05) is 39.3 Å². The zero-order valence-electron chi connectivity index (χ0n) is 17.3. The van der Waals surface area contributed by atoms with Crippen molar-refractivity contribution in [1.29, 1.82) is 0 Å². The van der Waals surface area contributed by atoms with Crippen LogP contribution in [0.2, 0.25) is 0 Å². The highest BCUT2D eigenvalue weighted by Gasteiger charge is 2.22. The Hall–Kier alpha value is -1.81. The second kappa shape index (κ2) is 9.93. The van der Waals surface area contributed by atoms with Gasteiger partial charge in [0.2, 0.25) is 0 Å². The molecular weight excluding hydrogens is 332 g/mol. The lowest BCUT2D eigenvalue weighted by atomic mass is 9.97. The van der Waals surface area contributed by atoms with E-state index in [9.17, 15) is 0 Å². The van der Waals surface area contributed by atoms with Gasteiger partial charge in [-0.05, 0) is 63.6 Å². The van der Waals surface area contributed by atoms with Crippen molar-refractivity contribution >= 4 is 11.5 Å². The number of guanidine groups is 1. The molecule has 4 nitrogen and oxygen atoms in total. The quantitative estimate of drug-likeness (QED) is 0.632. The van der Waals surface area contributed by atoms with Crippen molar-refractivity contribution in [3.05, 3.63) is 42.0 Å². The Bertz CT molecular complexity index is 635. The van der Waals surface area contributed by atoms with Gasteiger partial charge >= 0.3 is 0 Å². The molecule has 3 rings (SSSR count). The molecule has 0 saturated carbocycles. The summed E-state index contributed by atoms with van der Waals surface area (Å²) in [5.41, 5.74) is 2.82. The molecule has 0 amide bonds. The van der Waals surface area contributed by atoms with E-state index in [1.807, 2.05) is 0 Å². The third-order valence-electron chi connectivity index (χ3n) is 5.77. The van der Waals surface area contributed by atoms with E-state index in [4.69, 9.17) is 4.99 Å². The smallest absolute Gasteiger partial charge is 0.194 e. The fraction of sp³-hybridized carbons (Fsp3) is 0.609. The van der Waals surface area contributed by atoms with Crippen LogP contribution in [0, 0.1) is 5.92 Å². The van der Waals surface area contributed by atoms with Gasteiger partial charge in [0.05, 0.1) is 0 Å². The Kier molecular flexibility index (Phi) is 7.33. The number of nitrogens with zero attached hydrogens (tertiary/aromatic N) is 3. The van der Waals surface area contributed by atoms with E-state index in [1.165, 1.54) is 37.1 Å².